The number of nitrogens with one attached hydrogen (secondary N) is 1. The van der Waals surface area contributed by atoms with Gasteiger partial charge in [-0.05, 0) is 31.9 Å². The monoisotopic (exact) mass is 220 g/mol. The Hall–Kier alpha value is -1.09. The Morgan fingerprint density at radius 1 is 1.38 bits per heavy atom. The van der Waals surface area contributed by atoms with Crippen LogP contribution in [-0.2, 0) is 0 Å². The van der Waals surface area contributed by atoms with Crippen LogP contribution in [0.4, 0.5) is 5.82 Å². The fourth-order valence-corrected chi connectivity index (χ4v) is 2.43. The molecular weight excluding hydrogens is 200 g/mol. The Morgan fingerprint density at radius 2 is 2.19 bits per heavy atom. The first-order valence-corrected chi connectivity index (χ1v) is 6.10. The zero-order valence-corrected chi connectivity index (χ0v) is 9.82. The smallest absolute Gasteiger partial charge is 0.126 e. The van der Waals surface area contributed by atoms with Crippen LogP contribution >= 0.6 is 0 Å². The predicted molar refractivity (Wildman–Crippen MR) is 65.4 cm³/mol. The largest absolute Gasteiger partial charge is 0.396 e. The lowest BCUT2D eigenvalue weighted by molar-refractivity contribution is 0.178. The predicted octanol–water partition coefficient (Wildman–Crippen LogP) is 2.35. The van der Waals surface area contributed by atoms with Gasteiger partial charge in [-0.3, -0.25) is 0 Å². The van der Waals surface area contributed by atoms with E-state index in [4.69, 9.17) is 0 Å². The SMILES string of the molecule is Cc1cccc(NC2CCCCC2CO)n1. The molecule has 1 aliphatic carbocycles. The topological polar surface area (TPSA) is 45.1 Å². The third kappa shape index (κ3) is 2.73. The van der Waals surface area contributed by atoms with Crippen molar-refractivity contribution in [2.24, 2.45) is 5.92 Å². The molecule has 1 heterocycles. The van der Waals surface area contributed by atoms with E-state index < -0.39 is 0 Å². The van der Waals surface area contributed by atoms with E-state index in [2.05, 4.69) is 10.3 Å². The van der Waals surface area contributed by atoms with Crippen LogP contribution in [0.5, 0.6) is 0 Å². The van der Waals surface area contributed by atoms with Gasteiger partial charge in [0, 0.05) is 24.3 Å². The van der Waals surface area contributed by atoms with Gasteiger partial charge in [-0.2, -0.15) is 0 Å². The number of hydrogen-bond donors (Lipinski definition) is 2. The molecule has 1 aliphatic rings. The van der Waals surface area contributed by atoms with Crippen LogP contribution in [0, 0.1) is 12.8 Å². The third-order valence-electron chi connectivity index (χ3n) is 3.37. The lowest BCUT2D eigenvalue weighted by Crippen LogP contribution is -2.34. The van der Waals surface area contributed by atoms with Gasteiger partial charge in [-0.1, -0.05) is 18.9 Å². The average molecular weight is 220 g/mol. The molecule has 1 saturated carbocycles. The molecule has 0 saturated heterocycles. The first kappa shape index (κ1) is 11.4. The van der Waals surface area contributed by atoms with Crippen molar-refractivity contribution in [3.63, 3.8) is 0 Å². The Morgan fingerprint density at radius 3 is 2.94 bits per heavy atom. The molecule has 88 valence electrons. The molecule has 3 heteroatoms. The van der Waals surface area contributed by atoms with E-state index >= 15 is 0 Å². The molecule has 2 unspecified atom stereocenters. The fourth-order valence-electron chi connectivity index (χ4n) is 2.43. The number of hydrogen-bond acceptors (Lipinski definition) is 3. The second kappa shape index (κ2) is 5.30. The Balaban J connectivity index is 2.02. The number of pyridine rings is 1. The van der Waals surface area contributed by atoms with Crippen molar-refractivity contribution in [2.75, 3.05) is 11.9 Å². The second-order valence-corrected chi connectivity index (χ2v) is 4.64. The van der Waals surface area contributed by atoms with Crippen LogP contribution in [0.15, 0.2) is 18.2 Å². The van der Waals surface area contributed by atoms with Crippen molar-refractivity contribution < 1.29 is 5.11 Å². The summed E-state index contributed by atoms with van der Waals surface area (Å²) in [6, 6.07) is 6.39. The molecule has 2 N–H and O–H groups in total. The van der Waals surface area contributed by atoms with Crippen molar-refractivity contribution in [3.05, 3.63) is 23.9 Å². The van der Waals surface area contributed by atoms with Gasteiger partial charge in [0.15, 0.2) is 0 Å². The van der Waals surface area contributed by atoms with Crippen molar-refractivity contribution in [1.29, 1.82) is 0 Å². The van der Waals surface area contributed by atoms with Gasteiger partial charge < -0.3 is 10.4 Å². The second-order valence-electron chi connectivity index (χ2n) is 4.64. The van der Waals surface area contributed by atoms with Crippen molar-refractivity contribution >= 4 is 5.82 Å². The van der Waals surface area contributed by atoms with E-state index in [9.17, 15) is 5.11 Å². The summed E-state index contributed by atoms with van der Waals surface area (Å²) < 4.78 is 0. The molecule has 0 radical (unpaired) electrons. The molecule has 16 heavy (non-hydrogen) atoms. The van der Waals surface area contributed by atoms with Crippen LogP contribution in [0.3, 0.4) is 0 Å². The van der Waals surface area contributed by atoms with E-state index in [1.165, 1.54) is 12.8 Å². The number of nitrogens with zero attached hydrogens (tertiary/aromatic N) is 1. The van der Waals surface area contributed by atoms with Crippen molar-refractivity contribution in [1.82, 2.24) is 4.98 Å². The average Bonchev–Trinajstić information content (AvgIpc) is 2.30. The third-order valence-corrected chi connectivity index (χ3v) is 3.37. The highest BCUT2D eigenvalue weighted by Gasteiger charge is 2.24. The number of aromatic nitrogens is 1. The van der Waals surface area contributed by atoms with E-state index in [0.29, 0.717) is 12.0 Å². The molecule has 0 aliphatic heterocycles. The van der Waals surface area contributed by atoms with Gasteiger partial charge in [0.25, 0.3) is 0 Å². The molecular formula is C13H20N2O. The van der Waals surface area contributed by atoms with E-state index in [1.54, 1.807) is 0 Å². The lowest BCUT2D eigenvalue weighted by Gasteiger charge is -2.31. The minimum Gasteiger partial charge on any atom is -0.396 e. The molecule has 0 bridgehead atoms. The minimum atomic E-state index is 0.281. The number of aryl methyl sites for hydroxylation is 1. The maximum atomic E-state index is 9.33. The number of aliphatic hydroxyl groups is 1. The summed E-state index contributed by atoms with van der Waals surface area (Å²) in [4.78, 5) is 4.44. The van der Waals surface area contributed by atoms with E-state index in [0.717, 1.165) is 24.4 Å². The summed E-state index contributed by atoms with van der Waals surface area (Å²) in [5, 5.41) is 12.8. The zero-order valence-electron chi connectivity index (χ0n) is 9.82. The normalized spacial score (nSPS) is 25.4. The minimum absolute atomic E-state index is 0.281. The number of rotatable bonds is 3. The molecule has 2 atom stereocenters. The van der Waals surface area contributed by atoms with Crippen LogP contribution < -0.4 is 5.32 Å². The van der Waals surface area contributed by atoms with Crippen LogP contribution in [0.2, 0.25) is 0 Å². The maximum Gasteiger partial charge on any atom is 0.126 e. The Kier molecular flexibility index (Phi) is 3.78. The van der Waals surface area contributed by atoms with Gasteiger partial charge >= 0.3 is 0 Å². The molecule has 1 aromatic heterocycles. The standard InChI is InChI=1S/C13H20N2O/c1-10-5-4-8-13(14-10)15-12-7-3-2-6-11(12)9-16/h4-5,8,11-12,16H,2-3,6-7,9H2,1H3,(H,14,15). The summed E-state index contributed by atoms with van der Waals surface area (Å²) in [5.74, 6) is 1.32. The van der Waals surface area contributed by atoms with Crippen LogP contribution in [0.1, 0.15) is 31.4 Å². The van der Waals surface area contributed by atoms with Gasteiger partial charge in [-0.25, -0.2) is 4.98 Å². The summed E-state index contributed by atoms with van der Waals surface area (Å²) in [6.07, 6.45) is 4.76. The molecule has 1 fully saturated rings. The van der Waals surface area contributed by atoms with Gasteiger partial charge in [0.2, 0.25) is 0 Å². The number of aliphatic hydroxyl groups excluding tert-OH is 1. The Labute approximate surface area is 96.9 Å². The van der Waals surface area contributed by atoms with Crippen LogP contribution in [0.25, 0.3) is 0 Å². The molecule has 2 rings (SSSR count). The highest BCUT2D eigenvalue weighted by molar-refractivity contribution is 5.36. The summed E-state index contributed by atoms with van der Waals surface area (Å²) >= 11 is 0. The quantitative estimate of drug-likeness (QED) is 0.822. The highest BCUT2D eigenvalue weighted by Crippen LogP contribution is 2.26. The highest BCUT2D eigenvalue weighted by atomic mass is 16.3. The Bertz CT molecular complexity index is 340. The summed E-state index contributed by atoms with van der Waals surface area (Å²) in [6.45, 7) is 2.28. The van der Waals surface area contributed by atoms with Crippen molar-refractivity contribution in [3.8, 4) is 0 Å². The first-order chi connectivity index (χ1) is 7.79. The lowest BCUT2D eigenvalue weighted by atomic mass is 9.85. The van der Waals surface area contributed by atoms with Gasteiger partial charge in [0.05, 0.1) is 0 Å². The maximum absolute atomic E-state index is 9.33. The molecule has 0 aromatic carbocycles. The van der Waals surface area contributed by atoms with Crippen LogP contribution in [-0.4, -0.2) is 22.7 Å². The van der Waals surface area contributed by atoms with Gasteiger partial charge in [-0.15, -0.1) is 0 Å². The molecule has 1 aromatic rings. The first-order valence-electron chi connectivity index (χ1n) is 6.10. The zero-order chi connectivity index (χ0) is 11.4. The number of anilines is 1. The summed E-state index contributed by atoms with van der Waals surface area (Å²) in [5.41, 5.74) is 1.03. The van der Waals surface area contributed by atoms with Crippen molar-refractivity contribution in [2.45, 2.75) is 38.6 Å². The van der Waals surface area contributed by atoms with E-state index in [-0.39, 0.29) is 6.61 Å². The summed E-state index contributed by atoms with van der Waals surface area (Å²) in [7, 11) is 0. The molecule has 3 nitrogen and oxygen atoms in total. The van der Waals surface area contributed by atoms with Gasteiger partial charge in [0.1, 0.15) is 5.82 Å². The molecule has 0 spiro atoms. The molecule has 0 amide bonds. The fraction of sp³-hybridized carbons (Fsp3) is 0.615. The van der Waals surface area contributed by atoms with E-state index in [1.807, 2.05) is 25.1 Å².